The minimum atomic E-state index is -0.765. The number of rotatable bonds is 7. The van der Waals surface area contributed by atoms with Crippen molar-refractivity contribution >= 4 is 56.1 Å². The highest BCUT2D eigenvalue weighted by Crippen LogP contribution is 2.33. The van der Waals surface area contributed by atoms with Gasteiger partial charge in [0.15, 0.2) is 6.10 Å². The van der Waals surface area contributed by atoms with Crippen LogP contribution in [0.1, 0.15) is 18.9 Å². The Balaban J connectivity index is 1.70. The van der Waals surface area contributed by atoms with E-state index >= 15 is 0 Å². The fourth-order valence-electron chi connectivity index (χ4n) is 2.77. The maximum Gasteiger partial charge on any atom is 0.288 e. The molecule has 0 aliphatic heterocycles. The number of halogens is 2. The van der Waals surface area contributed by atoms with Gasteiger partial charge in [0.25, 0.3) is 11.6 Å². The third-order valence-corrected chi connectivity index (χ3v) is 5.45. The Morgan fingerprint density at radius 3 is 2.80 bits per heavy atom. The zero-order valence-electron chi connectivity index (χ0n) is 15.8. The van der Waals surface area contributed by atoms with E-state index < -0.39 is 16.9 Å². The second kappa shape index (κ2) is 9.69. The van der Waals surface area contributed by atoms with E-state index in [0.717, 1.165) is 15.2 Å². The summed E-state index contributed by atoms with van der Waals surface area (Å²) in [6.45, 7) is 1.82. The second-order valence-corrected chi connectivity index (χ2v) is 7.52. The summed E-state index contributed by atoms with van der Waals surface area (Å²) >= 11 is 9.33. The molecule has 9 heteroatoms. The number of hydrazone groups is 1. The van der Waals surface area contributed by atoms with Crippen LogP contribution in [0.3, 0.4) is 0 Å². The number of hydrogen-bond acceptors (Lipinski definition) is 5. The number of carbonyl (C=O) groups excluding carboxylic acids is 1. The zero-order chi connectivity index (χ0) is 21.7. The fraction of sp³-hybridized carbons (Fsp3) is 0.143. The summed E-state index contributed by atoms with van der Waals surface area (Å²) < 4.78 is 6.66. The van der Waals surface area contributed by atoms with E-state index in [1.54, 1.807) is 12.1 Å². The molecule has 0 aromatic heterocycles. The van der Waals surface area contributed by atoms with Crippen LogP contribution < -0.4 is 10.2 Å². The second-order valence-electron chi connectivity index (χ2n) is 6.32. The predicted octanol–water partition coefficient (Wildman–Crippen LogP) is 5.47. The molecule has 0 radical (unpaired) electrons. The van der Waals surface area contributed by atoms with Crippen molar-refractivity contribution in [2.45, 2.75) is 19.4 Å². The van der Waals surface area contributed by atoms with Crippen LogP contribution in [-0.4, -0.2) is 23.1 Å². The molecule has 7 nitrogen and oxygen atoms in total. The molecular formula is C21H17BrClN3O4. The molecule has 3 aromatic carbocycles. The lowest BCUT2D eigenvalue weighted by Gasteiger charge is -2.17. The molecule has 30 heavy (non-hydrogen) atoms. The molecule has 0 aliphatic carbocycles. The Labute approximate surface area is 186 Å². The van der Waals surface area contributed by atoms with Gasteiger partial charge in [-0.25, -0.2) is 5.43 Å². The summed E-state index contributed by atoms with van der Waals surface area (Å²) in [5.74, 6) is 0.116. The number of benzene rings is 3. The first kappa shape index (κ1) is 21.7. The maximum absolute atomic E-state index is 12.5. The molecule has 0 saturated heterocycles. The van der Waals surface area contributed by atoms with E-state index in [4.69, 9.17) is 16.3 Å². The smallest absolute Gasteiger partial charge is 0.288 e. The highest BCUT2D eigenvalue weighted by molar-refractivity contribution is 9.10. The molecule has 3 aromatic rings. The average Bonchev–Trinajstić information content (AvgIpc) is 2.74. The van der Waals surface area contributed by atoms with Crippen LogP contribution in [0.15, 0.2) is 64.2 Å². The summed E-state index contributed by atoms with van der Waals surface area (Å²) in [5.41, 5.74) is 2.60. The molecule has 1 N–H and O–H groups in total. The van der Waals surface area contributed by atoms with Gasteiger partial charge in [-0.1, -0.05) is 54.9 Å². The molecular weight excluding hydrogens is 474 g/mol. The van der Waals surface area contributed by atoms with Crippen LogP contribution in [0.25, 0.3) is 10.8 Å². The number of carbonyl (C=O) groups is 1. The molecule has 0 heterocycles. The van der Waals surface area contributed by atoms with Gasteiger partial charge in [-0.05, 0) is 45.3 Å². The summed E-state index contributed by atoms with van der Waals surface area (Å²) in [6, 6.07) is 15.8. The van der Waals surface area contributed by atoms with Gasteiger partial charge in [-0.3, -0.25) is 14.9 Å². The standard InChI is InChI=1S/C21H17BrClN3O4/c1-2-18(30-19-10-8-14-5-3-4-6-15(14)20(19)22)21(27)25-24-12-13-7-9-16(23)17(11-13)26(28)29/h3-12,18H,2H2,1H3,(H,25,27)/b24-12-/t18-/m0/s1. The molecule has 0 aliphatic rings. The third-order valence-electron chi connectivity index (χ3n) is 4.32. The number of hydrogen-bond donors (Lipinski definition) is 1. The number of nitrogens with zero attached hydrogens (tertiary/aromatic N) is 2. The van der Waals surface area contributed by atoms with Gasteiger partial charge in [-0.2, -0.15) is 5.10 Å². The minimum absolute atomic E-state index is 0.0293. The van der Waals surface area contributed by atoms with Crippen molar-refractivity contribution in [1.29, 1.82) is 0 Å². The number of fused-ring (bicyclic) bond motifs is 1. The normalized spacial score (nSPS) is 12.1. The Hall–Kier alpha value is -2.97. The largest absolute Gasteiger partial charge is 0.479 e. The van der Waals surface area contributed by atoms with Gasteiger partial charge in [0.2, 0.25) is 0 Å². The first-order valence-electron chi connectivity index (χ1n) is 9.01. The van der Waals surface area contributed by atoms with E-state index in [1.807, 2.05) is 37.3 Å². The van der Waals surface area contributed by atoms with E-state index in [1.165, 1.54) is 18.3 Å². The van der Waals surface area contributed by atoms with E-state index in [-0.39, 0.29) is 10.7 Å². The van der Waals surface area contributed by atoms with Gasteiger partial charge >= 0.3 is 0 Å². The van der Waals surface area contributed by atoms with Crippen molar-refractivity contribution in [2.75, 3.05) is 0 Å². The summed E-state index contributed by atoms with van der Waals surface area (Å²) in [4.78, 5) is 22.8. The highest BCUT2D eigenvalue weighted by Gasteiger charge is 2.20. The number of amides is 1. The Morgan fingerprint density at radius 1 is 1.30 bits per heavy atom. The van der Waals surface area contributed by atoms with E-state index in [2.05, 4.69) is 26.5 Å². The van der Waals surface area contributed by atoms with Crippen LogP contribution in [0.5, 0.6) is 5.75 Å². The van der Waals surface area contributed by atoms with Crippen LogP contribution >= 0.6 is 27.5 Å². The topological polar surface area (TPSA) is 93.8 Å². The van der Waals surface area contributed by atoms with Crippen LogP contribution in [0, 0.1) is 10.1 Å². The fourth-order valence-corrected chi connectivity index (χ4v) is 3.55. The van der Waals surface area contributed by atoms with Gasteiger partial charge in [-0.15, -0.1) is 0 Å². The summed E-state index contributed by atoms with van der Waals surface area (Å²) in [5, 5.41) is 16.9. The molecule has 154 valence electrons. The van der Waals surface area contributed by atoms with Crippen LogP contribution in [0.2, 0.25) is 5.02 Å². The van der Waals surface area contributed by atoms with Crippen molar-refractivity contribution in [3.8, 4) is 5.75 Å². The first-order valence-corrected chi connectivity index (χ1v) is 10.2. The quantitative estimate of drug-likeness (QED) is 0.270. The third kappa shape index (κ3) is 4.95. The van der Waals surface area contributed by atoms with Crippen LogP contribution in [-0.2, 0) is 4.79 Å². The summed E-state index contributed by atoms with van der Waals surface area (Å²) in [7, 11) is 0. The highest BCUT2D eigenvalue weighted by atomic mass is 79.9. The number of nitrogens with one attached hydrogen (secondary N) is 1. The lowest BCUT2D eigenvalue weighted by molar-refractivity contribution is -0.384. The number of nitro benzene ring substituents is 1. The Kier molecular flexibility index (Phi) is 7.02. The lowest BCUT2D eigenvalue weighted by atomic mass is 10.1. The molecule has 0 bridgehead atoms. The van der Waals surface area contributed by atoms with E-state index in [9.17, 15) is 14.9 Å². The Bertz CT molecular complexity index is 1140. The first-order chi connectivity index (χ1) is 14.4. The van der Waals surface area contributed by atoms with E-state index in [0.29, 0.717) is 17.7 Å². The van der Waals surface area contributed by atoms with Crippen LogP contribution in [0.4, 0.5) is 5.69 Å². The minimum Gasteiger partial charge on any atom is -0.479 e. The van der Waals surface area contributed by atoms with Crippen molar-refractivity contribution < 1.29 is 14.5 Å². The molecule has 1 atom stereocenters. The van der Waals surface area contributed by atoms with Crippen molar-refractivity contribution in [3.63, 3.8) is 0 Å². The predicted molar refractivity (Wildman–Crippen MR) is 120 cm³/mol. The van der Waals surface area contributed by atoms with Gasteiger partial charge in [0, 0.05) is 11.6 Å². The SMILES string of the molecule is CC[C@H](Oc1ccc2ccccc2c1Br)C(=O)N/N=C\c1ccc(Cl)c([N+](=O)[O-])c1. The monoisotopic (exact) mass is 489 g/mol. The van der Waals surface area contributed by atoms with Gasteiger partial charge < -0.3 is 4.74 Å². The molecule has 0 saturated carbocycles. The van der Waals surface area contributed by atoms with Gasteiger partial charge in [0.05, 0.1) is 15.6 Å². The molecule has 0 unspecified atom stereocenters. The Morgan fingerprint density at radius 2 is 2.07 bits per heavy atom. The lowest BCUT2D eigenvalue weighted by Crippen LogP contribution is -2.35. The van der Waals surface area contributed by atoms with Crippen molar-refractivity contribution in [2.24, 2.45) is 5.10 Å². The maximum atomic E-state index is 12.5. The number of ether oxygens (including phenoxy) is 1. The molecule has 1 amide bonds. The zero-order valence-corrected chi connectivity index (χ0v) is 18.2. The van der Waals surface area contributed by atoms with Crippen molar-refractivity contribution in [3.05, 3.63) is 79.8 Å². The summed E-state index contributed by atoms with van der Waals surface area (Å²) in [6.07, 6.45) is 0.964. The van der Waals surface area contributed by atoms with Gasteiger partial charge in [0.1, 0.15) is 10.8 Å². The molecule has 0 spiro atoms. The average molecular weight is 491 g/mol. The number of nitro groups is 1. The van der Waals surface area contributed by atoms with Crippen molar-refractivity contribution in [1.82, 2.24) is 5.43 Å². The molecule has 0 fully saturated rings. The molecule has 3 rings (SSSR count).